The Balaban J connectivity index is 2.39. The summed E-state index contributed by atoms with van der Waals surface area (Å²) in [7, 11) is 0. The van der Waals surface area contributed by atoms with E-state index in [4.69, 9.17) is 4.74 Å². The topological polar surface area (TPSA) is 29.5 Å². The summed E-state index contributed by atoms with van der Waals surface area (Å²) < 4.78 is 30.2. The van der Waals surface area contributed by atoms with Crippen molar-refractivity contribution in [1.82, 2.24) is 0 Å². The molecular formula is C12H14F2O2. The molecule has 0 saturated carbocycles. The van der Waals surface area contributed by atoms with E-state index < -0.39 is 12.5 Å². The van der Waals surface area contributed by atoms with Crippen molar-refractivity contribution in [2.75, 3.05) is 6.61 Å². The van der Waals surface area contributed by atoms with Gasteiger partial charge in [0.2, 0.25) is 0 Å². The lowest BCUT2D eigenvalue weighted by molar-refractivity contribution is -0.00583. The van der Waals surface area contributed by atoms with Crippen LogP contribution in [0.1, 0.15) is 31.1 Å². The Bertz CT molecular complexity index is 402. The Morgan fingerprint density at radius 2 is 2.06 bits per heavy atom. The fourth-order valence-corrected chi connectivity index (χ4v) is 1.87. The van der Waals surface area contributed by atoms with Crippen LogP contribution in [0.5, 0.6) is 5.75 Å². The van der Waals surface area contributed by atoms with E-state index in [-0.39, 0.29) is 11.0 Å². The molecule has 2 nitrogen and oxygen atoms in total. The smallest absolute Gasteiger partial charge is 0.268 e. The van der Waals surface area contributed by atoms with Gasteiger partial charge in [-0.25, -0.2) is 8.78 Å². The summed E-state index contributed by atoms with van der Waals surface area (Å²) in [4.78, 5) is 0. The highest BCUT2D eigenvalue weighted by molar-refractivity contribution is 5.45. The highest BCUT2D eigenvalue weighted by atomic mass is 19.3. The number of hydrogen-bond acceptors (Lipinski definition) is 2. The zero-order valence-electron chi connectivity index (χ0n) is 9.21. The number of aliphatic hydroxyl groups is 1. The van der Waals surface area contributed by atoms with Crippen LogP contribution in [0.2, 0.25) is 0 Å². The molecule has 1 aliphatic heterocycles. The lowest BCUT2D eigenvalue weighted by atomic mass is 9.85. The SMILES string of the molecule is CC1(C)COc2ccc(C(O)C(F)F)cc21. The maximum Gasteiger partial charge on any atom is 0.268 e. The zero-order chi connectivity index (χ0) is 11.9. The first-order chi connectivity index (χ1) is 7.42. The van der Waals surface area contributed by atoms with Gasteiger partial charge in [-0.05, 0) is 17.7 Å². The minimum absolute atomic E-state index is 0.187. The molecule has 2 rings (SSSR count). The number of rotatable bonds is 2. The van der Waals surface area contributed by atoms with E-state index in [0.29, 0.717) is 6.61 Å². The van der Waals surface area contributed by atoms with Crippen LogP contribution in [0.3, 0.4) is 0 Å². The Kier molecular flexibility index (Phi) is 2.62. The van der Waals surface area contributed by atoms with E-state index in [9.17, 15) is 13.9 Å². The number of alkyl halides is 2. The van der Waals surface area contributed by atoms with E-state index in [0.717, 1.165) is 11.3 Å². The third-order valence-corrected chi connectivity index (χ3v) is 2.90. The minimum Gasteiger partial charge on any atom is -0.492 e. The van der Waals surface area contributed by atoms with Crippen LogP contribution in [-0.2, 0) is 5.41 Å². The molecule has 1 atom stereocenters. The lowest BCUT2D eigenvalue weighted by Crippen LogP contribution is -2.18. The van der Waals surface area contributed by atoms with Crippen molar-refractivity contribution >= 4 is 0 Å². The molecule has 1 aliphatic rings. The lowest BCUT2D eigenvalue weighted by Gasteiger charge is -2.17. The average Bonchev–Trinajstić information content (AvgIpc) is 2.53. The quantitative estimate of drug-likeness (QED) is 0.843. The first-order valence-corrected chi connectivity index (χ1v) is 5.15. The maximum absolute atomic E-state index is 12.4. The van der Waals surface area contributed by atoms with Gasteiger partial charge >= 0.3 is 0 Å². The summed E-state index contributed by atoms with van der Waals surface area (Å²) in [5.74, 6) is 0.718. The van der Waals surface area contributed by atoms with E-state index in [1.165, 1.54) is 6.07 Å². The van der Waals surface area contributed by atoms with Gasteiger partial charge in [-0.1, -0.05) is 19.9 Å². The fraction of sp³-hybridized carbons (Fsp3) is 0.500. The van der Waals surface area contributed by atoms with E-state index >= 15 is 0 Å². The summed E-state index contributed by atoms with van der Waals surface area (Å²) in [5, 5.41) is 9.31. The predicted octanol–water partition coefficient (Wildman–Crippen LogP) is 2.66. The minimum atomic E-state index is -2.76. The highest BCUT2D eigenvalue weighted by Gasteiger charge is 2.33. The predicted molar refractivity (Wildman–Crippen MR) is 55.9 cm³/mol. The van der Waals surface area contributed by atoms with Crippen LogP contribution >= 0.6 is 0 Å². The Hall–Kier alpha value is -1.16. The summed E-state index contributed by atoms with van der Waals surface area (Å²) in [6, 6.07) is 4.74. The molecule has 0 amide bonds. The van der Waals surface area contributed by atoms with Crippen molar-refractivity contribution in [1.29, 1.82) is 0 Å². The first-order valence-electron chi connectivity index (χ1n) is 5.15. The van der Waals surface area contributed by atoms with Gasteiger partial charge in [0.15, 0.2) is 0 Å². The van der Waals surface area contributed by atoms with Gasteiger partial charge in [0, 0.05) is 11.0 Å². The third-order valence-electron chi connectivity index (χ3n) is 2.90. The third kappa shape index (κ3) is 1.78. The van der Waals surface area contributed by atoms with Crippen LogP contribution in [-0.4, -0.2) is 18.1 Å². The van der Waals surface area contributed by atoms with Gasteiger partial charge in [0.1, 0.15) is 11.9 Å². The normalized spacial score (nSPS) is 19.4. The van der Waals surface area contributed by atoms with Gasteiger partial charge < -0.3 is 9.84 Å². The molecular weight excluding hydrogens is 214 g/mol. The second-order valence-electron chi connectivity index (χ2n) is 4.71. The Morgan fingerprint density at radius 1 is 1.38 bits per heavy atom. The van der Waals surface area contributed by atoms with Gasteiger partial charge in [0.25, 0.3) is 6.43 Å². The molecule has 4 heteroatoms. The molecule has 88 valence electrons. The molecule has 1 heterocycles. The molecule has 0 radical (unpaired) electrons. The molecule has 0 bridgehead atoms. The van der Waals surface area contributed by atoms with E-state index in [1.807, 2.05) is 13.8 Å². The molecule has 0 aliphatic carbocycles. The van der Waals surface area contributed by atoms with Crippen molar-refractivity contribution in [2.45, 2.75) is 31.8 Å². The number of halogens is 2. The summed E-state index contributed by atoms with van der Waals surface area (Å²) in [6.45, 7) is 4.51. The fourth-order valence-electron chi connectivity index (χ4n) is 1.87. The summed E-state index contributed by atoms with van der Waals surface area (Å²) in [5.41, 5.74) is 0.935. The maximum atomic E-state index is 12.4. The van der Waals surface area contributed by atoms with Gasteiger partial charge in [-0.3, -0.25) is 0 Å². The van der Waals surface area contributed by atoms with Crippen molar-refractivity contribution < 1.29 is 18.6 Å². The van der Waals surface area contributed by atoms with Crippen LogP contribution in [0.4, 0.5) is 8.78 Å². The van der Waals surface area contributed by atoms with Gasteiger partial charge in [-0.15, -0.1) is 0 Å². The number of aliphatic hydroxyl groups excluding tert-OH is 1. The number of ether oxygens (including phenoxy) is 1. The monoisotopic (exact) mass is 228 g/mol. The molecule has 1 aromatic rings. The van der Waals surface area contributed by atoms with Gasteiger partial charge in [0.05, 0.1) is 6.61 Å². The van der Waals surface area contributed by atoms with Gasteiger partial charge in [-0.2, -0.15) is 0 Å². The molecule has 1 N–H and O–H groups in total. The highest BCUT2D eigenvalue weighted by Crippen LogP contribution is 2.40. The first kappa shape index (κ1) is 11.3. The molecule has 0 fully saturated rings. The Morgan fingerprint density at radius 3 is 2.69 bits per heavy atom. The van der Waals surface area contributed by atoms with Crippen LogP contribution in [0.15, 0.2) is 18.2 Å². The molecule has 1 unspecified atom stereocenters. The summed E-state index contributed by atoms with van der Waals surface area (Å²) >= 11 is 0. The van der Waals surface area contributed by atoms with Crippen LogP contribution < -0.4 is 4.74 Å². The Labute approximate surface area is 92.9 Å². The number of benzene rings is 1. The molecule has 1 aromatic carbocycles. The molecule has 16 heavy (non-hydrogen) atoms. The molecule has 0 saturated heterocycles. The standard InChI is InChI=1S/C12H14F2O2/c1-12(2)6-16-9-4-3-7(5-8(9)12)10(15)11(13)14/h3-5,10-11,15H,6H2,1-2H3. The van der Waals surface area contributed by atoms with Crippen LogP contribution in [0.25, 0.3) is 0 Å². The second-order valence-corrected chi connectivity index (χ2v) is 4.71. The van der Waals surface area contributed by atoms with E-state index in [2.05, 4.69) is 0 Å². The van der Waals surface area contributed by atoms with Crippen molar-refractivity contribution in [3.05, 3.63) is 29.3 Å². The second kappa shape index (κ2) is 3.70. The number of fused-ring (bicyclic) bond motifs is 1. The van der Waals surface area contributed by atoms with Crippen molar-refractivity contribution in [3.8, 4) is 5.75 Å². The average molecular weight is 228 g/mol. The largest absolute Gasteiger partial charge is 0.492 e. The zero-order valence-corrected chi connectivity index (χ0v) is 9.21. The number of hydrogen-bond donors (Lipinski definition) is 1. The van der Waals surface area contributed by atoms with Crippen LogP contribution in [0, 0.1) is 0 Å². The summed E-state index contributed by atoms with van der Waals surface area (Å²) in [6.07, 6.45) is -4.48. The van der Waals surface area contributed by atoms with E-state index in [1.54, 1.807) is 12.1 Å². The molecule has 0 aromatic heterocycles. The van der Waals surface area contributed by atoms with Crippen molar-refractivity contribution in [2.24, 2.45) is 0 Å². The van der Waals surface area contributed by atoms with Crippen molar-refractivity contribution in [3.63, 3.8) is 0 Å². The molecule has 0 spiro atoms.